The van der Waals surface area contributed by atoms with Crippen LogP contribution in [0.25, 0.3) is 0 Å². The topological polar surface area (TPSA) is 38.5 Å². The van der Waals surface area contributed by atoms with E-state index in [1.165, 1.54) is 12.8 Å². The van der Waals surface area contributed by atoms with E-state index in [9.17, 15) is 0 Å². The number of nitrogens with two attached hydrogens (primary N) is 1. The average molecular weight is 214 g/mol. The van der Waals surface area contributed by atoms with Crippen LogP contribution in [0, 0.1) is 5.92 Å². The van der Waals surface area contributed by atoms with Crippen LogP contribution >= 0.6 is 0 Å². The van der Waals surface area contributed by atoms with Crippen molar-refractivity contribution >= 4 is 0 Å². The maximum absolute atomic E-state index is 5.92. The summed E-state index contributed by atoms with van der Waals surface area (Å²) in [6.07, 6.45) is 3.61. The van der Waals surface area contributed by atoms with E-state index in [1.807, 2.05) is 0 Å². The predicted molar refractivity (Wildman–Crippen MR) is 63.9 cm³/mol. The highest BCUT2D eigenvalue weighted by atomic mass is 16.5. The lowest BCUT2D eigenvalue weighted by atomic mass is 9.92. The molecule has 3 nitrogen and oxygen atoms in total. The Bertz CT molecular complexity index is 152. The first kappa shape index (κ1) is 12.9. The molecule has 0 radical (unpaired) electrons. The third kappa shape index (κ3) is 3.74. The zero-order chi connectivity index (χ0) is 11.1. The molecular formula is C12H26N2O. The summed E-state index contributed by atoms with van der Waals surface area (Å²) in [5.41, 5.74) is 5.92. The molecule has 1 unspecified atom stereocenters. The molecule has 0 bridgehead atoms. The van der Waals surface area contributed by atoms with Crippen molar-refractivity contribution in [1.29, 1.82) is 0 Å². The third-order valence-electron chi connectivity index (χ3n) is 3.56. The summed E-state index contributed by atoms with van der Waals surface area (Å²) in [5.74, 6) is 0.744. The number of rotatable bonds is 5. The van der Waals surface area contributed by atoms with Crippen molar-refractivity contribution < 1.29 is 4.74 Å². The first-order chi connectivity index (χ1) is 7.33. The Morgan fingerprint density at radius 1 is 1.20 bits per heavy atom. The molecule has 1 atom stereocenters. The minimum atomic E-state index is 0.557. The molecular weight excluding hydrogens is 188 g/mol. The molecule has 15 heavy (non-hydrogen) atoms. The van der Waals surface area contributed by atoms with Crippen molar-refractivity contribution in [1.82, 2.24) is 4.90 Å². The number of hydrogen-bond donors (Lipinski definition) is 1. The van der Waals surface area contributed by atoms with Gasteiger partial charge in [-0.15, -0.1) is 0 Å². The molecule has 1 heterocycles. The van der Waals surface area contributed by atoms with Crippen LogP contribution in [-0.2, 0) is 4.74 Å². The Kier molecular flexibility index (Phi) is 6.22. The van der Waals surface area contributed by atoms with Gasteiger partial charge in [-0.1, -0.05) is 26.7 Å². The largest absolute Gasteiger partial charge is 0.380 e. The van der Waals surface area contributed by atoms with Crippen molar-refractivity contribution in [3.05, 3.63) is 0 Å². The average Bonchev–Trinajstić information content (AvgIpc) is 2.54. The van der Waals surface area contributed by atoms with Crippen molar-refractivity contribution in [3.8, 4) is 0 Å². The van der Waals surface area contributed by atoms with Crippen LogP contribution in [0.15, 0.2) is 0 Å². The second-order valence-electron chi connectivity index (χ2n) is 4.38. The summed E-state index contributed by atoms with van der Waals surface area (Å²) in [6, 6.07) is 0.557. The summed E-state index contributed by atoms with van der Waals surface area (Å²) >= 11 is 0. The van der Waals surface area contributed by atoms with Gasteiger partial charge >= 0.3 is 0 Å². The fourth-order valence-corrected chi connectivity index (χ4v) is 2.57. The molecule has 0 aliphatic carbocycles. The molecule has 0 aromatic rings. The van der Waals surface area contributed by atoms with E-state index < -0.39 is 0 Å². The summed E-state index contributed by atoms with van der Waals surface area (Å²) in [5, 5.41) is 0. The van der Waals surface area contributed by atoms with Crippen LogP contribution in [0.2, 0.25) is 0 Å². The first-order valence-corrected chi connectivity index (χ1v) is 6.35. The van der Waals surface area contributed by atoms with Crippen molar-refractivity contribution in [2.45, 2.75) is 39.2 Å². The Hall–Kier alpha value is -0.120. The molecule has 0 aromatic heterocycles. The summed E-state index contributed by atoms with van der Waals surface area (Å²) in [6.45, 7) is 9.31. The second-order valence-corrected chi connectivity index (χ2v) is 4.38. The SMILES string of the molecule is CCC(CC)C(CN)N1CCCOCC1. The molecule has 0 spiro atoms. The van der Waals surface area contributed by atoms with Crippen molar-refractivity contribution in [2.24, 2.45) is 11.7 Å². The first-order valence-electron chi connectivity index (χ1n) is 6.35. The normalized spacial score (nSPS) is 21.6. The van der Waals surface area contributed by atoms with Gasteiger partial charge in [-0.05, 0) is 12.3 Å². The molecule has 1 fully saturated rings. The van der Waals surface area contributed by atoms with Gasteiger partial charge in [0.25, 0.3) is 0 Å². The van der Waals surface area contributed by atoms with E-state index in [2.05, 4.69) is 18.7 Å². The maximum atomic E-state index is 5.92. The lowest BCUT2D eigenvalue weighted by Gasteiger charge is -2.34. The van der Waals surface area contributed by atoms with Gasteiger partial charge < -0.3 is 10.5 Å². The smallest absolute Gasteiger partial charge is 0.0593 e. The summed E-state index contributed by atoms with van der Waals surface area (Å²) < 4.78 is 5.48. The molecule has 1 aliphatic rings. The quantitative estimate of drug-likeness (QED) is 0.753. The van der Waals surface area contributed by atoms with E-state index in [-0.39, 0.29) is 0 Å². The second kappa shape index (κ2) is 7.20. The van der Waals surface area contributed by atoms with Crippen LogP contribution in [0.4, 0.5) is 0 Å². The number of hydrogen-bond acceptors (Lipinski definition) is 3. The standard InChI is InChI=1S/C12H26N2O/c1-3-11(4-2)12(10-13)14-6-5-8-15-9-7-14/h11-12H,3-10,13H2,1-2H3. The number of nitrogens with zero attached hydrogens (tertiary/aromatic N) is 1. The van der Waals surface area contributed by atoms with Gasteiger partial charge in [0.05, 0.1) is 6.61 Å². The van der Waals surface area contributed by atoms with E-state index in [4.69, 9.17) is 10.5 Å². The van der Waals surface area contributed by atoms with Gasteiger partial charge in [0, 0.05) is 32.3 Å². The Morgan fingerprint density at radius 3 is 2.53 bits per heavy atom. The Morgan fingerprint density at radius 2 is 1.93 bits per heavy atom. The van der Waals surface area contributed by atoms with Gasteiger partial charge in [-0.2, -0.15) is 0 Å². The van der Waals surface area contributed by atoms with E-state index in [0.717, 1.165) is 45.2 Å². The molecule has 2 N–H and O–H groups in total. The monoisotopic (exact) mass is 214 g/mol. The van der Waals surface area contributed by atoms with Gasteiger partial charge in [0.1, 0.15) is 0 Å². The van der Waals surface area contributed by atoms with Crippen molar-refractivity contribution in [3.63, 3.8) is 0 Å². The minimum Gasteiger partial charge on any atom is -0.380 e. The molecule has 1 aliphatic heterocycles. The predicted octanol–water partition coefficient (Wildman–Crippen LogP) is 1.47. The number of ether oxygens (including phenoxy) is 1. The molecule has 3 heteroatoms. The lowest BCUT2D eigenvalue weighted by Crippen LogP contribution is -2.46. The minimum absolute atomic E-state index is 0.557. The molecule has 1 rings (SSSR count). The summed E-state index contributed by atoms with van der Waals surface area (Å²) in [4.78, 5) is 2.53. The van der Waals surface area contributed by atoms with Crippen LogP contribution in [-0.4, -0.2) is 43.8 Å². The lowest BCUT2D eigenvalue weighted by molar-refractivity contribution is 0.114. The zero-order valence-electron chi connectivity index (χ0n) is 10.2. The van der Waals surface area contributed by atoms with Gasteiger partial charge in [-0.3, -0.25) is 4.90 Å². The maximum Gasteiger partial charge on any atom is 0.0593 e. The van der Waals surface area contributed by atoms with Crippen LogP contribution in [0.5, 0.6) is 0 Å². The fourth-order valence-electron chi connectivity index (χ4n) is 2.57. The van der Waals surface area contributed by atoms with Gasteiger partial charge in [-0.25, -0.2) is 0 Å². The molecule has 90 valence electrons. The fraction of sp³-hybridized carbons (Fsp3) is 1.00. The highest BCUT2D eigenvalue weighted by Gasteiger charge is 2.24. The van der Waals surface area contributed by atoms with Gasteiger partial charge in [0.15, 0.2) is 0 Å². The summed E-state index contributed by atoms with van der Waals surface area (Å²) in [7, 11) is 0. The van der Waals surface area contributed by atoms with E-state index in [0.29, 0.717) is 6.04 Å². The van der Waals surface area contributed by atoms with Crippen LogP contribution in [0.1, 0.15) is 33.1 Å². The Labute approximate surface area is 94.0 Å². The van der Waals surface area contributed by atoms with Gasteiger partial charge in [0.2, 0.25) is 0 Å². The van der Waals surface area contributed by atoms with E-state index >= 15 is 0 Å². The molecule has 0 aromatic carbocycles. The zero-order valence-corrected chi connectivity index (χ0v) is 10.2. The van der Waals surface area contributed by atoms with E-state index in [1.54, 1.807) is 0 Å². The third-order valence-corrected chi connectivity index (χ3v) is 3.56. The molecule has 1 saturated heterocycles. The van der Waals surface area contributed by atoms with Crippen molar-refractivity contribution in [2.75, 3.05) is 32.8 Å². The van der Waals surface area contributed by atoms with Crippen LogP contribution in [0.3, 0.4) is 0 Å². The molecule has 0 amide bonds. The molecule has 0 saturated carbocycles. The van der Waals surface area contributed by atoms with Crippen LogP contribution < -0.4 is 5.73 Å². The highest BCUT2D eigenvalue weighted by molar-refractivity contribution is 4.80. The highest BCUT2D eigenvalue weighted by Crippen LogP contribution is 2.19. The Balaban J connectivity index is 2.53.